The summed E-state index contributed by atoms with van der Waals surface area (Å²) in [7, 11) is 2.28. The summed E-state index contributed by atoms with van der Waals surface area (Å²) in [6.07, 6.45) is -0.513. The molecule has 0 unspecified atom stereocenters. The Hall–Kier alpha value is -1.49. The van der Waals surface area contributed by atoms with Crippen molar-refractivity contribution in [3.8, 4) is 0 Å². The molecule has 13 heavy (non-hydrogen) atoms. The fourth-order valence-corrected chi connectivity index (χ4v) is 0.821. The Kier molecular flexibility index (Phi) is 3.34. The van der Waals surface area contributed by atoms with Gasteiger partial charge in [0.25, 0.3) is 0 Å². The standard InChI is InChI=1S/C8H9BNO3/c1-13-8(11)10-7-4-2-6(9-12)3-5-7/h2-5,12H,1H3,(H,10,11). The summed E-state index contributed by atoms with van der Waals surface area (Å²) in [5.74, 6) is 0. The van der Waals surface area contributed by atoms with Gasteiger partial charge in [0.05, 0.1) is 7.11 Å². The van der Waals surface area contributed by atoms with Crippen molar-refractivity contribution in [3.05, 3.63) is 24.3 Å². The zero-order valence-electron chi connectivity index (χ0n) is 7.15. The summed E-state index contributed by atoms with van der Waals surface area (Å²) >= 11 is 0. The molecule has 0 atom stereocenters. The molecule has 0 aliphatic heterocycles. The van der Waals surface area contributed by atoms with Gasteiger partial charge in [0, 0.05) is 5.69 Å². The third kappa shape index (κ3) is 2.80. The maximum Gasteiger partial charge on any atom is 0.411 e. The number of ether oxygens (including phenoxy) is 1. The number of nitrogens with one attached hydrogen (secondary N) is 1. The van der Waals surface area contributed by atoms with Crippen molar-refractivity contribution in [2.75, 3.05) is 12.4 Å². The number of anilines is 1. The highest BCUT2D eigenvalue weighted by Gasteiger charge is 1.99. The lowest BCUT2D eigenvalue weighted by Gasteiger charge is -2.03. The smallest absolute Gasteiger partial charge is 0.411 e. The van der Waals surface area contributed by atoms with E-state index in [0.29, 0.717) is 11.2 Å². The van der Waals surface area contributed by atoms with E-state index in [1.807, 2.05) is 0 Å². The normalized spacial score (nSPS) is 9.08. The quantitative estimate of drug-likeness (QED) is 0.631. The van der Waals surface area contributed by atoms with Gasteiger partial charge in [0.1, 0.15) is 0 Å². The number of benzene rings is 1. The van der Waals surface area contributed by atoms with Crippen LogP contribution in [0, 0.1) is 0 Å². The highest BCUT2D eigenvalue weighted by Crippen LogP contribution is 2.03. The molecule has 5 heteroatoms. The van der Waals surface area contributed by atoms with Crippen LogP contribution >= 0.6 is 0 Å². The Morgan fingerprint density at radius 1 is 1.46 bits per heavy atom. The minimum Gasteiger partial charge on any atom is -0.453 e. The minimum absolute atomic E-state index is 0.513. The predicted octanol–water partition coefficient (Wildman–Crippen LogP) is 0.102. The van der Waals surface area contributed by atoms with E-state index in [2.05, 4.69) is 10.1 Å². The lowest BCUT2D eigenvalue weighted by molar-refractivity contribution is 0.187. The van der Waals surface area contributed by atoms with E-state index in [-0.39, 0.29) is 0 Å². The molecular formula is C8H9BNO3. The summed E-state index contributed by atoms with van der Waals surface area (Å²) in [6, 6.07) is 6.68. The predicted molar refractivity (Wildman–Crippen MR) is 50.1 cm³/mol. The van der Waals surface area contributed by atoms with Crippen molar-refractivity contribution in [1.82, 2.24) is 0 Å². The molecule has 0 fully saturated rings. The summed E-state index contributed by atoms with van der Waals surface area (Å²) in [4.78, 5) is 10.7. The molecule has 0 aliphatic carbocycles. The van der Waals surface area contributed by atoms with Crippen LogP contribution in [0.3, 0.4) is 0 Å². The Bertz CT molecular complexity index is 286. The monoisotopic (exact) mass is 178 g/mol. The minimum atomic E-state index is -0.513. The molecule has 0 aromatic heterocycles. The van der Waals surface area contributed by atoms with E-state index in [1.165, 1.54) is 7.11 Å². The SMILES string of the molecule is COC(=O)Nc1ccc([B]O)cc1. The Morgan fingerprint density at radius 3 is 2.54 bits per heavy atom. The molecule has 1 radical (unpaired) electrons. The van der Waals surface area contributed by atoms with Crippen LogP contribution in [0.15, 0.2) is 24.3 Å². The largest absolute Gasteiger partial charge is 0.453 e. The zero-order valence-corrected chi connectivity index (χ0v) is 7.15. The molecule has 0 saturated carbocycles. The number of amides is 1. The lowest BCUT2D eigenvalue weighted by Crippen LogP contribution is -2.15. The van der Waals surface area contributed by atoms with Crippen LogP contribution in [-0.4, -0.2) is 25.7 Å². The van der Waals surface area contributed by atoms with E-state index in [0.717, 1.165) is 7.48 Å². The molecular weight excluding hydrogens is 169 g/mol. The molecule has 1 amide bonds. The van der Waals surface area contributed by atoms with E-state index in [4.69, 9.17) is 5.02 Å². The first kappa shape index (κ1) is 9.60. The second-order valence-corrected chi connectivity index (χ2v) is 2.37. The van der Waals surface area contributed by atoms with Gasteiger partial charge in [0.2, 0.25) is 0 Å². The van der Waals surface area contributed by atoms with E-state index >= 15 is 0 Å². The van der Waals surface area contributed by atoms with Gasteiger partial charge in [-0.1, -0.05) is 17.6 Å². The molecule has 0 saturated heterocycles. The summed E-state index contributed by atoms with van der Waals surface area (Å²) in [5.41, 5.74) is 1.30. The maximum atomic E-state index is 10.7. The molecule has 67 valence electrons. The molecule has 1 rings (SSSR count). The van der Waals surface area contributed by atoms with Crippen molar-refractivity contribution >= 4 is 24.7 Å². The van der Waals surface area contributed by atoms with E-state index < -0.39 is 6.09 Å². The second-order valence-electron chi connectivity index (χ2n) is 2.37. The van der Waals surface area contributed by atoms with Crippen LogP contribution in [0.25, 0.3) is 0 Å². The van der Waals surface area contributed by atoms with Crippen molar-refractivity contribution in [2.45, 2.75) is 0 Å². The summed E-state index contributed by atoms with van der Waals surface area (Å²) < 4.78 is 4.40. The first-order chi connectivity index (χ1) is 6.26. The van der Waals surface area contributed by atoms with Crippen molar-refractivity contribution in [2.24, 2.45) is 0 Å². The Labute approximate surface area is 76.8 Å². The van der Waals surface area contributed by atoms with Gasteiger partial charge >= 0.3 is 13.6 Å². The molecule has 4 nitrogen and oxygen atoms in total. The fourth-order valence-electron chi connectivity index (χ4n) is 0.821. The molecule has 0 spiro atoms. The molecule has 2 N–H and O–H groups in total. The van der Waals surface area contributed by atoms with Crippen LogP contribution in [0.4, 0.5) is 10.5 Å². The maximum absolute atomic E-state index is 10.7. The van der Waals surface area contributed by atoms with Crippen molar-refractivity contribution < 1.29 is 14.6 Å². The summed E-state index contributed by atoms with van der Waals surface area (Å²) in [6.45, 7) is 0. The third-order valence-corrected chi connectivity index (χ3v) is 1.49. The number of hydrogen-bond donors (Lipinski definition) is 2. The van der Waals surface area contributed by atoms with Crippen LogP contribution in [-0.2, 0) is 4.74 Å². The van der Waals surface area contributed by atoms with Crippen LogP contribution < -0.4 is 10.8 Å². The average Bonchev–Trinajstić information content (AvgIpc) is 2.19. The topological polar surface area (TPSA) is 58.6 Å². The number of hydrogen-bond acceptors (Lipinski definition) is 3. The second kappa shape index (κ2) is 4.52. The average molecular weight is 178 g/mol. The van der Waals surface area contributed by atoms with Crippen LogP contribution in [0.5, 0.6) is 0 Å². The van der Waals surface area contributed by atoms with Crippen molar-refractivity contribution in [3.63, 3.8) is 0 Å². The van der Waals surface area contributed by atoms with Gasteiger partial charge in [-0.15, -0.1) is 0 Å². The molecule has 0 bridgehead atoms. The zero-order chi connectivity index (χ0) is 9.68. The summed E-state index contributed by atoms with van der Waals surface area (Å²) in [5, 5.41) is 11.1. The van der Waals surface area contributed by atoms with Crippen molar-refractivity contribution in [1.29, 1.82) is 0 Å². The molecule has 1 aromatic carbocycles. The van der Waals surface area contributed by atoms with Gasteiger partial charge in [-0.25, -0.2) is 4.79 Å². The van der Waals surface area contributed by atoms with E-state index in [1.54, 1.807) is 24.3 Å². The fraction of sp³-hybridized carbons (Fsp3) is 0.125. The van der Waals surface area contributed by atoms with Gasteiger partial charge in [-0.05, 0) is 12.1 Å². The van der Waals surface area contributed by atoms with Gasteiger partial charge in [-0.2, -0.15) is 0 Å². The first-order valence-electron chi connectivity index (χ1n) is 3.68. The van der Waals surface area contributed by atoms with E-state index in [9.17, 15) is 4.79 Å². The van der Waals surface area contributed by atoms with Crippen LogP contribution in [0.1, 0.15) is 0 Å². The molecule has 0 heterocycles. The molecule has 1 aromatic rings. The number of carbonyl (C=O) groups excluding carboxylic acids is 1. The highest BCUT2D eigenvalue weighted by molar-refractivity contribution is 6.45. The third-order valence-electron chi connectivity index (χ3n) is 1.49. The van der Waals surface area contributed by atoms with Gasteiger partial charge in [0.15, 0.2) is 0 Å². The Morgan fingerprint density at radius 2 is 2.08 bits per heavy atom. The number of rotatable bonds is 2. The lowest BCUT2D eigenvalue weighted by atomic mass is 9.89. The Balaban J connectivity index is 2.64. The number of carbonyl (C=O) groups is 1. The first-order valence-corrected chi connectivity index (χ1v) is 3.68. The highest BCUT2D eigenvalue weighted by atomic mass is 16.5. The van der Waals surface area contributed by atoms with Crippen LogP contribution in [0.2, 0.25) is 0 Å². The van der Waals surface area contributed by atoms with Gasteiger partial charge < -0.3 is 9.76 Å². The molecule has 0 aliphatic rings. The number of methoxy groups -OCH3 is 1. The van der Waals surface area contributed by atoms with Gasteiger partial charge in [-0.3, -0.25) is 5.32 Å².